The lowest BCUT2D eigenvalue weighted by atomic mass is 9.90. The van der Waals surface area contributed by atoms with Crippen LogP contribution in [0.3, 0.4) is 0 Å². The molecule has 1 saturated carbocycles. The molecule has 1 aliphatic heterocycles. The van der Waals surface area contributed by atoms with Crippen LogP contribution in [-0.2, 0) is 11.2 Å². The van der Waals surface area contributed by atoms with Crippen molar-refractivity contribution < 1.29 is 4.79 Å². The lowest BCUT2D eigenvalue weighted by Gasteiger charge is -2.32. The molecule has 1 aliphatic carbocycles. The highest BCUT2D eigenvalue weighted by Crippen LogP contribution is 2.38. The minimum Gasteiger partial charge on any atom is -0.361 e. The average Bonchev–Trinajstić information content (AvgIpc) is 3.53. The number of hydrogen-bond acceptors (Lipinski definition) is 4. The molecule has 0 radical (unpaired) electrons. The average molecular weight is 350 g/mol. The van der Waals surface area contributed by atoms with Gasteiger partial charge in [-0.2, -0.15) is 0 Å². The number of benzene rings is 1. The number of piperidine rings is 1. The Kier molecular flexibility index (Phi) is 5.14. The molecule has 0 bridgehead atoms. The molecular formula is C21H26N4O. The molecule has 1 N–H and O–H groups in total. The summed E-state index contributed by atoms with van der Waals surface area (Å²) in [5.74, 6) is 3.03. The molecule has 2 heterocycles. The second kappa shape index (κ2) is 7.85. The first-order valence-corrected chi connectivity index (χ1v) is 9.66. The summed E-state index contributed by atoms with van der Waals surface area (Å²) in [6.07, 6.45) is 7.43. The quantitative estimate of drug-likeness (QED) is 0.869. The van der Waals surface area contributed by atoms with Gasteiger partial charge in [0.05, 0.1) is 6.54 Å². The number of rotatable bonds is 6. The third-order valence-electron chi connectivity index (χ3n) is 5.37. The van der Waals surface area contributed by atoms with Crippen molar-refractivity contribution in [3.63, 3.8) is 0 Å². The van der Waals surface area contributed by atoms with Gasteiger partial charge in [-0.15, -0.1) is 0 Å². The maximum atomic E-state index is 12.5. The highest BCUT2D eigenvalue weighted by molar-refractivity contribution is 5.80. The van der Waals surface area contributed by atoms with Gasteiger partial charge in [0.1, 0.15) is 11.6 Å². The van der Waals surface area contributed by atoms with Gasteiger partial charge in [0.15, 0.2) is 0 Å². The normalized spacial score (nSPS) is 17.9. The Bertz CT molecular complexity index is 737. The summed E-state index contributed by atoms with van der Waals surface area (Å²) in [4.78, 5) is 23.3. The SMILES string of the molecule is O=C(CNc1ccnc(C2CC2)n1)N1CCC(Cc2ccccc2)CC1. The molecule has 1 aromatic carbocycles. The molecule has 1 amide bonds. The summed E-state index contributed by atoms with van der Waals surface area (Å²) < 4.78 is 0. The van der Waals surface area contributed by atoms with Gasteiger partial charge in [-0.25, -0.2) is 9.97 Å². The standard InChI is InChI=1S/C21H26N4O/c26-20(15-23-19-8-11-22-21(24-19)18-6-7-18)25-12-9-17(10-13-25)14-16-4-2-1-3-5-16/h1-5,8,11,17-18H,6-7,9-10,12-15H2,(H,22,23,24). The zero-order valence-corrected chi connectivity index (χ0v) is 15.1. The maximum Gasteiger partial charge on any atom is 0.241 e. The molecule has 1 aromatic heterocycles. The van der Waals surface area contributed by atoms with Crippen LogP contribution in [0.15, 0.2) is 42.6 Å². The molecule has 136 valence electrons. The van der Waals surface area contributed by atoms with Gasteiger partial charge in [0, 0.05) is 25.2 Å². The second-order valence-corrected chi connectivity index (χ2v) is 7.44. The van der Waals surface area contributed by atoms with Crippen molar-refractivity contribution in [2.45, 2.75) is 38.0 Å². The van der Waals surface area contributed by atoms with Crippen LogP contribution in [0.4, 0.5) is 5.82 Å². The minimum absolute atomic E-state index is 0.162. The van der Waals surface area contributed by atoms with Crippen molar-refractivity contribution in [2.24, 2.45) is 5.92 Å². The van der Waals surface area contributed by atoms with E-state index < -0.39 is 0 Å². The first kappa shape index (κ1) is 17.0. The number of likely N-dealkylation sites (tertiary alicyclic amines) is 1. The van der Waals surface area contributed by atoms with E-state index >= 15 is 0 Å². The molecular weight excluding hydrogens is 324 g/mol. The van der Waals surface area contributed by atoms with Gasteiger partial charge in [-0.1, -0.05) is 30.3 Å². The Morgan fingerprint density at radius 3 is 2.58 bits per heavy atom. The van der Waals surface area contributed by atoms with E-state index in [1.54, 1.807) is 6.20 Å². The summed E-state index contributed by atoms with van der Waals surface area (Å²) in [6.45, 7) is 2.02. The van der Waals surface area contributed by atoms with E-state index in [1.807, 2.05) is 11.0 Å². The van der Waals surface area contributed by atoms with Crippen molar-refractivity contribution in [2.75, 3.05) is 25.0 Å². The van der Waals surface area contributed by atoms with Crippen LogP contribution in [0.5, 0.6) is 0 Å². The van der Waals surface area contributed by atoms with Crippen LogP contribution < -0.4 is 5.32 Å². The molecule has 2 fully saturated rings. The van der Waals surface area contributed by atoms with Crippen LogP contribution in [0.25, 0.3) is 0 Å². The van der Waals surface area contributed by atoms with E-state index in [0.29, 0.717) is 18.4 Å². The van der Waals surface area contributed by atoms with Gasteiger partial charge in [-0.3, -0.25) is 4.79 Å². The first-order valence-electron chi connectivity index (χ1n) is 9.66. The lowest BCUT2D eigenvalue weighted by Crippen LogP contribution is -2.41. The van der Waals surface area contributed by atoms with Crippen molar-refractivity contribution in [3.8, 4) is 0 Å². The van der Waals surface area contributed by atoms with Crippen molar-refractivity contribution in [1.29, 1.82) is 0 Å². The molecule has 0 atom stereocenters. The van der Waals surface area contributed by atoms with E-state index in [1.165, 1.54) is 18.4 Å². The molecule has 4 rings (SSSR count). The third kappa shape index (κ3) is 4.40. The summed E-state index contributed by atoms with van der Waals surface area (Å²) in [6, 6.07) is 12.5. The molecule has 0 spiro atoms. The predicted octanol–water partition coefficient (Wildman–Crippen LogP) is 3.25. The number of nitrogens with one attached hydrogen (secondary N) is 1. The summed E-state index contributed by atoms with van der Waals surface area (Å²) >= 11 is 0. The molecule has 2 aliphatic rings. The predicted molar refractivity (Wildman–Crippen MR) is 102 cm³/mol. The van der Waals surface area contributed by atoms with Crippen LogP contribution in [0.2, 0.25) is 0 Å². The summed E-state index contributed by atoms with van der Waals surface area (Å²) in [5, 5.41) is 3.17. The van der Waals surface area contributed by atoms with E-state index in [9.17, 15) is 4.79 Å². The molecule has 1 saturated heterocycles. The Balaban J connectivity index is 1.23. The number of hydrogen-bond donors (Lipinski definition) is 1. The zero-order valence-electron chi connectivity index (χ0n) is 15.1. The van der Waals surface area contributed by atoms with Gasteiger partial charge in [-0.05, 0) is 49.7 Å². The second-order valence-electron chi connectivity index (χ2n) is 7.44. The first-order chi connectivity index (χ1) is 12.8. The van der Waals surface area contributed by atoms with Gasteiger partial charge in [0.2, 0.25) is 5.91 Å². The van der Waals surface area contributed by atoms with Crippen LogP contribution in [0, 0.1) is 5.92 Å². The minimum atomic E-state index is 0.162. The van der Waals surface area contributed by atoms with Gasteiger partial charge >= 0.3 is 0 Å². The fourth-order valence-corrected chi connectivity index (χ4v) is 3.62. The van der Waals surface area contributed by atoms with E-state index in [-0.39, 0.29) is 5.91 Å². The van der Waals surface area contributed by atoms with Crippen LogP contribution in [-0.4, -0.2) is 40.4 Å². The summed E-state index contributed by atoms with van der Waals surface area (Å²) in [7, 11) is 0. The number of amides is 1. The Morgan fingerprint density at radius 2 is 1.85 bits per heavy atom. The Hall–Kier alpha value is -2.43. The van der Waals surface area contributed by atoms with E-state index in [4.69, 9.17) is 0 Å². The van der Waals surface area contributed by atoms with E-state index in [0.717, 1.165) is 44.0 Å². The smallest absolute Gasteiger partial charge is 0.241 e. The number of aromatic nitrogens is 2. The van der Waals surface area contributed by atoms with Gasteiger partial charge in [0.25, 0.3) is 0 Å². The summed E-state index contributed by atoms with van der Waals surface area (Å²) in [5.41, 5.74) is 1.40. The third-order valence-corrected chi connectivity index (χ3v) is 5.37. The van der Waals surface area contributed by atoms with Crippen molar-refractivity contribution >= 4 is 11.7 Å². The Morgan fingerprint density at radius 1 is 1.08 bits per heavy atom. The number of nitrogens with zero attached hydrogens (tertiary/aromatic N) is 3. The molecule has 26 heavy (non-hydrogen) atoms. The monoisotopic (exact) mass is 350 g/mol. The number of anilines is 1. The number of carbonyl (C=O) groups is 1. The Labute approximate surface area is 154 Å². The molecule has 0 unspecified atom stereocenters. The molecule has 5 nitrogen and oxygen atoms in total. The van der Waals surface area contributed by atoms with Crippen molar-refractivity contribution in [3.05, 3.63) is 54.0 Å². The highest BCUT2D eigenvalue weighted by Gasteiger charge is 2.27. The lowest BCUT2D eigenvalue weighted by molar-refractivity contribution is -0.130. The number of carbonyl (C=O) groups excluding carboxylic acids is 1. The highest BCUT2D eigenvalue weighted by atomic mass is 16.2. The fourth-order valence-electron chi connectivity index (χ4n) is 3.62. The maximum absolute atomic E-state index is 12.5. The van der Waals surface area contributed by atoms with Crippen LogP contribution in [0.1, 0.15) is 43.0 Å². The largest absolute Gasteiger partial charge is 0.361 e. The topological polar surface area (TPSA) is 58.1 Å². The van der Waals surface area contributed by atoms with Crippen LogP contribution >= 0.6 is 0 Å². The van der Waals surface area contributed by atoms with E-state index in [2.05, 4.69) is 45.6 Å². The fraction of sp³-hybridized carbons (Fsp3) is 0.476. The molecule has 2 aromatic rings. The van der Waals surface area contributed by atoms with Crippen molar-refractivity contribution in [1.82, 2.24) is 14.9 Å². The van der Waals surface area contributed by atoms with Gasteiger partial charge < -0.3 is 10.2 Å². The molecule has 5 heteroatoms. The zero-order chi connectivity index (χ0) is 17.8.